The maximum absolute atomic E-state index is 12.6. The number of carbonyl (C=O) groups excluding carboxylic acids is 1. The van der Waals surface area contributed by atoms with E-state index in [-0.39, 0.29) is 12.5 Å². The van der Waals surface area contributed by atoms with Crippen LogP contribution in [0.5, 0.6) is 5.75 Å². The van der Waals surface area contributed by atoms with Crippen LogP contribution in [0.1, 0.15) is 12.8 Å². The van der Waals surface area contributed by atoms with E-state index in [0.29, 0.717) is 5.92 Å². The van der Waals surface area contributed by atoms with Crippen molar-refractivity contribution in [3.63, 3.8) is 0 Å². The summed E-state index contributed by atoms with van der Waals surface area (Å²) in [6, 6.07) is 22.3. The van der Waals surface area contributed by atoms with Gasteiger partial charge in [-0.2, -0.15) is 0 Å². The van der Waals surface area contributed by atoms with Crippen molar-refractivity contribution in [3.05, 3.63) is 73.1 Å². The standard InChI is InChI=1S/C25H25N3O2/c29-25(17-30-22-10-9-20-5-1-2-6-21(20)15-22)27-13-11-19(12-14-27)16-28-18-26-23-7-3-4-8-24(23)28/h1-10,15,18-19H,11-14,16-17H2. The number of amides is 1. The number of para-hydroxylation sites is 2. The van der Waals surface area contributed by atoms with Gasteiger partial charge in [0.15, 0.2) is 6.61 Å². The molecule has 1 fully saturated rings. The van der Waals surface area contributed by atoms with Gasteiger partial charge >= 0.3 is 0 Å². The molecule has 1 aliphatic heterocycles. The molecule has 5 heteroatoms. The number of benzene rings is 3. The third kappa shape index (κ3) is 3.88. The molecule has 0 N–H and O–H groups in total. The van der Waals surface area contributed by atoms with Crippen molar-refractivity contribution >= 4 is 27.7 Å². The summed E-state index contributed by atoms with van der Waals surface area (Å²) in [4.78, 5) is 19.0. The first-order valence-electron chi connectivity index (χ1n) is 10.6. The highest BCUT2D eigenvalue weighted by molar-refractivity contribution is 5.84. The van der Waals surface area contributed by atoms with Gasteiger partial charge in [0.25, 0.3) is 5.91 Å². The Bertz CT molecular complexity index is 1180. The molecule has 0 spiro atoms. The van der Waals surface area contributed by atoms with Crippen LogP contribution in [-0.4, -0.2) is 40.1 Å². The largest absolute Gasteiger partial charge is 0.484 e. The van der Waals surface area contributed by atoms with Crippen LogP contribution in [0.2, 0.25) is 0 Å². The Morgan fingerprint density at radius 3 is 2.60 bits per heavy atom. The minimum atomic E-state index is 0.0645. The van der Waals surface area contributed by atoms with Crippen molar-refractivity contribution in [1.82, 2.24) is 14.5 Å². The van der Waals surface area contributed by atoms with Gasteiger partial charge in [-0.05, 0) is 53.8 Å². The number of aromatic nitrogens is 2. The number of fused-ring (bicyclic) bond motifs is 2. The van der Waals surface area contributed by atoms with Gasteiger partial charge in [0.05, 0.1) is 17.4 Å². The third-order valence-corrected chi connectivity index (χ3v) is 6.03. The lowest BCUT2D eigenvalue weighted by Gasteiger charge is -2.32. The molecule has 5 rings (SSSR count). The van der Waals surface area contributed by atoms with Crippen LogP contribution >= 0.6 is 0 Å². The molecule has 0 unspecified atom stereocenters. The second-order valence-electron chi connectivity index (χ2n) is 8.01. The highest BCUT2D eigenvalue weighted by atomic mass is 16.5. The van der Waals surface area contributed by atoms with Crippen LogP contribution in [0.15, 0.2) is 73.1 Å². The number of ether oxygens (including phenoxy) is 1. The van der Waals surface area contributed by atoms with Crippen LogP contribution in [0, 0.1) is 5.92 Å². The summed E-state index contributed by atoms with van der Waals surface area (Å²) in [6.45, 7) is 2.62. The zero-order valence-electron chi connectivity index (χ0n) is 16.9. The van der Waals surface area contributed by atoms with Crippen molar-refractivity contribution in [2.24, 2.45) is 5.92 Å². The summed E-state index contributed by atoms with van der Waals surface area (Å²) in [6.07, 6.45) is 3.95. The summed E-state index contributed by atoms with van der Waals surface area (Å²) in [7, 11) is 0. The number of carbonyl (C=O) groups is 1. The van der Waals surface area contributed by atoms with Gasteiger partial charge in [0, 0.05) is 19.6 Å². The molecule has 0 atom stereocenters. The second kappa shape index (κ2) is 8.19. The monoisotopic (exact) mass is 399 g/mol. The molecule has 1 amide bonds. The molecule has 0 radical (unpaired) electrons. The van der Waals surface area contributed by atoms with Crippen LogP contribution in [0.25, 0.3) is 21.8 Å². The van der Waals surface area contributed by atoms with E-state index in [2.05, 4.69) is 33.8 Å². The molecule has 1 aliphatic rings. The number of piperidine rings is 1. The van der Waals surface area contributed by atoms with Gasteiger partial charge in [-0.1, -0.05) is 42.5 Å². The Morgan fingerprint density at radius 1 is 0.967 bits per heavy atom. The Balaban J connectivity index is 1.13. The number of likely N-dealkylation sites (tertiary alicyclic amines) is 1. The van der Waals surface area contributed by atoms with Crippen molar-refractivity contribution < 1.29 is 9.53 Å². The summed E-state index contributed by atoms with van der Waals surface area (Å²) in [5.41, 5.74) is 2.22. The van der Waals surface area contributed by atoms with E-state index in [1.807, 2.05) is 53.7 Å². The third-order valence-electron chi connectivity index (χ3n) is 6.03. The van der Waals surface area contributed by atoms with Crippen LogP contribution in [0.4, 0.5) is 0 Å². The predicted molar refractivity (Wildman–Crippen MR) is 118 cm³/mol. The summed E-state index contributed by atoms with van der Waals surface area (Å²) < 4.78 is 8.02. The summed E-state index contributed by atoms with van der Waals surface area (Å²) in [5.74, 6) is 1.37. The molecule has 5 nitrogen and oxygen atoms in total. The first-order valence-corrected chi connectivity index (χ1v) is 10.6. The Hall–Kier alpha value is -3.34. The molecule has 1 saturated heterocycles. The van der Waals surface area contributed by atoms with Crippen molar-refractivity contribution in [1.29, 1.82) is 0 Å². The molecule has 30 heavy (non-hydrogen) atoms. The topological polar surface area (TPSA) is 47.4 Å². The van der Waals surface area contributed by atoms with Gasteiger partial charge < -0.3 is 14.2 Å². The van der Waals surface area contributed by atoms with Gasteiger partial charge in [-0.3, -0.25) is 4.79 Å². The first kappa shape index (κ1) is 18.7. The quantitative estimate of drug-likeness (QED) is 0.496. The molecular weight excluding hydrogens is 374 g/mol. The molecule has 152 valence electrons. The van der Waals surface area contributed by atoms with Crippen molar-refractivity contribution in [2.75, 3.05) is 19.7 Å². The SMILES string of the molecule is O=C(COc1ccc2ccccc2c1)N1CCC(Cn2cnc3ccccc32)CC1. The maximum atomic E-state index is 12.6. The predicted octanol–water partition coefficient (Wildman–Crippen LogP) is 4.51. The van der Waals surface area contributed by atoms with Crippen molar-refractivity contribution in [3.8, 4) is 5.75 Å². The highest BCUT2D eigenvalue weighted by Gasteiger charge is 2.23. The van der Waals surface area contributed by atoms with E-state index < -0.39 is 0 Å². The van der Waals surface area contributed by atoms with Gasteiger partial charge in [-0.15, -0.1) is 0 Å². The Morgan fingerprint density at radius 2 is 1.73 bits per heavy atom. The van der Waals surface area contributed by atoms with E-state index in [4.69, 9.17) is 4.74 Å². The molecule has 3 aromatic carbocycles. The lowest BCUT2D eigenvalue weighted by Crippen LogP contribution is -2.41. The fourth-order valence-corrected chi connectivity index (χ4v) is 4.29. The second-order valence-corrected chi connectivity index (χ2v) is 8.01. The fraction of sp³-hybridized carbons (Fsp3) is 0.280. The number of nitrogens with zero attached hydrogens (tertiary/aromatic N) is 3. The summed E-state index contributed by atoms with van der Waals surface area (Å²) >= 11 is 0. The normalized spacial score (nSPS) is 15.0. The number of hydrogen-bond donors (Lipinski definition) is 0. The first-order chi connectivity index (χ1) is 14.8. The summed E-state index contributed by atoms with van der Waals surface area (Å²) in [5, 5.41) is 2.29. The molecular formula is C25H25N3O2. The van der Waals surface area contributed by atoms with Gasteiger partial charge in [-0.25, -0.2) is 4.98 Å². The van der Waals surface area contributed by atoms with Crippen LogP contribution in [-0.2, 0) is 11.3 Å². The van der Waals surface area contributed by atoms with E-state index in [1.54, 1.807) is 0 Å². The molecule has 4 aromatic rings. The maximum Gasteiger partial charge on any atom is 0.260 e. The van der Waals surface area contributed by atoms with Crippen LogP contribution < -0.4 is 4.74 Å². The van der Waals surface area contributed by atoms with Crippen LogP contribution in [0.3, 0.4) is 0 Å². The average molecular weight is 399 g/mol. The lowest BCUT2D eigenvalue weighted by atomic mass is 9.96. The molecule has 1 aromatic heterocycles. The minimum Gasteiger partial charge on any atom is -0.484 e. The van der Waals surface area contributed by atoms with Gasteiger partial charge in [0.1, 0.15) is 5.75 Å². The fourth-order valence-electron chi connectivity index (χ4n) is 4.29. The Labute approximate surface area is 175 Å². The smallest absolute Gasteiger partial charge is 0.260 e. The zero-order valence-corrected chi connectivity index (χ0v) is 16.9. The lowest BCUT2D eigenvalue weighted by molar-refractivity contribution is -0.134. The van der Waals surface area contributed by atoms with Crippen molar-refractivity contribution in [2.45, 2.75) is 19.4 Å². The number of imidazole rings is 1. The van der Waals surface area contributed by atoms with E-state index in [0.717, 1.165) is 49.1 Å². The molecule has 2 heterocycles. The van der Waals surface area contributed by atoms with E-state index in [1.165, 1.54) is 10.9 Å². The highest BCUT2D eigenvalue weighted by Crippen LogP contribution is 2.23. The molecule has 0 bridgehead atoms. The minimum absolute atomic E-state index is 0.0645. The van der Waals surface area contributed by atoms with E-state index >= 15 is 0 Å². The molecule has 0 aliphatic carbocycles. The Kier molecular flexibility index (Phi) is 5.10. The zero-order chi connectivity index (χ0) is 20.3. The molecule has 0 saturated carbocycles. The number of rotatable bonds is 5. The average Bonchev–Trinajstić information content (AvgIpc) is 3.20. The van der Waals surface area contributed by atoms with E-state index in [9.17, 15) is 4.79 Å². The van der Waals surface area contributed by atoms with Gasteiger partial charge in [0.2, 0.25) is 0 Å². The number of hydrogen-bond acceptors (Lipinski definition) is 3.